The number of hydrogen-bond acceptors (Lipinski definition) is 1. The van der Waals surface area contributed by atoms with Crippen LogP contribution >= 0.6 is 31.9 Å². The van der Waals surface area contributed by atoms with E-state index in [1.54, 1.807) is 0 Å². The summed E-state index contributed by atoms with van der Waals surface area (Å²) in [6.45, 7) is 3.50. The molecule has 1 aliphatic carbocycles. The van der Waals surface area contributed by atoms with Crippen molar-refractivity contribution in [2.75, 3.05) is 0 Å². The molecule has 0 bridgehead atoms. The van der Waals surface area contributed by atoms with Gasteiger partial charge in [-0.05, 0) is 28.1 Å². The quantitative estimate of drug-likeness (QED) is 0.556. The predicted octanol–water partition coefficient (Wildman–Crippen LogP) is 3.48. The molecule has 0 saturated heterocycles. The summed E-state index contributed by atoms with van der Waals surface area (Å²) in [6.07, 6.45) is 8.17. The Hall–Kier alpha value is -0.0200. The zero-order valence-electron chi connectivity index (χ0n) is 5.89. The Morgan fingerprint density at radius 1 is 1.73 bits per heavy atom. The molecule has 1 unspecified atom stereocenters. The molecule has 3 heteroatoms. The highest BCUT2D eigenvalue weighted by Gasteiger charge is 2.24. The fourth-order valence-electron chi connectivity index (χ4n) is 0.803. The van der Waals surface area contributed by atoms with Crippen LogP contribution in [0.2, 0.25) is 0 Å². The van der Waals surface area contributed by atoms with E-state index < -0.39 is 0 Å². The van der Waals surface area contributed by atoms with E-state index in [4.69, 9.17) is 4.74 Å². The van der Waals surface area contributed by atoms with Gasteiger partial charge >= 0.3 is 0 Å². The van der Waals surface area contributed by atoms with Crippen LogP contribution in [0, 0.1) is 0 Å². The second-order valence-electron chi connectivity index (χ2n) is 2.20. The first kappa shape index (κ1) is 9.07. The largest absolute Gasteiger partial charge is 0.480 e. The van der Waals surface area contributed by atoms with Crippen LogP contribution in [0.25, 0.3) is 0 Å². The molecule has 60 valence electrons. The highest BCUT2D eigenvalue weighted by atomic mass is 79.9. The molecule has 0 radical (unpaired) electrons. The van der Waals surface area contributed by atoms with Gasteiger partial charge in [0.25, 0.3) is 0 Å². The molecule has 11 heavy (non-hydrogen) atoms. The number of halogens is 2. The maximum atomic E-state index is 5.25. The molecule has 0 spiro atoms. The minimum atomic E-state index is -0.383. The number of hydrogen-bond donors (Lipinski definition) is 0. The molecule has 0 fully saturated rings. The molecule has 0 aromatic carbocycles. The van der Waals surface area contributed by atoms with Crippen LogP contribution in [0.4, 0.5) is 0 Å². The summed E-state index contributed by atoms with van der Waals surface area (Å²) in [4.78, 5) is 0. The van der Waals surface area contributed by atoms with Gasteiger partial charge in [-0.15, -0.1) is 0 Å². The van der Waals surface area contributed by atoms with Crippen molar-refractivity contribution in [3.05, 3.63) is 35.6 Å². The van der Waals surface area contributed by atoms with Crippen molar-refractivity contribution < 1.29 is 4.74 Å². The third-order valence-electron chi connectivity index (χ3n) is 1.35. The van der Waals surface area contributed by atoms with Crippen molar-refractivity contribution in [1.29, 1.82) is 0 Å². The average Bonchev–Trinajstić information content (AvgIpc) is 1.97. The van der Waals surface area contributed by atoms with Crippen molar-refractivity contribution in [2.45, 2.75) is 10.9 Å². The van der Waals surface area contributed by atoms with Gasteiger partial charge in [0.05, 0.1) is 6.26 Å². The third kappa shape index (κ3) is 2.49. The van der Waals surface area contributed by atoms with Gasteiger partial charge in [-0.1, -0.05) is 28.6 Å². The van der Waals surface area contributed by atoms with Gasteiger partial charge in [0.15, 0.2) is 4.51 Å². The topological polar surface area (TPSA) is 9.23 Å². The molecule has 1 nitrogen and oxygen atoms in total. The van der Waals surface area contributed by atoms with E-state index in [1.807, 2.05) is 18.2 Å². The van der Waals surface area contributed by atoms with Crippen LogP contribution in [-0.2, 0) is 4.74 Å². The van der Waals surface area contributed by atoms with Crippen LogP contribution in [0.1, 0.15) is 6.42 Å². The summed E-state index contributed by atoms with van der Waals surface area (Å²) in [5.41, 5.74) is 0. The number of rotatable bonds is 2. The Morgan fingerprint density at radius 2 is 2.45 bits per heavy atom. The van der Waals surface area contributed by atoms with Gasteiger partial charge in [-0.2, -0.15) is 0 Å². The van der Waals surface area contributed by atoms with E-state index in [2.05, 4.69) is 38.4 Å². The van der Waals surface area contributed by atoms with Crippen molar-refractivity contribution in [3.8, 4) is 0 Å². The van der Waals surface area contributed by atoms with Crippen molar-refractivity contribution in [1.82, 2.24) is 0 Å². The summed E-state index contributed by atoms with van der Waals surface area (Å²) < 4.78 is 5.95. The second-order valence-corrected chi connectivity index (χ2v) is 4.46. The SMILES string of the molecule is C=COC1(Br)C=CC(Br)=CC1. The minimum Gasteiger partial charge on any atom is -0.480 e. The lowest BCUT2D eigenvalue weighted by molar-refractivity contribution is 0.164. The molecule has 0 N–H and O–H groups in total. The van der Waals surface area contributed by atoms with E-state index in [0.717, 1.165) is 10.9 Å². The lowest BCUT2D eigenvalue weighted by Crippen LogP contribution is -2.19. The number of ether oxygens (including phenoxy) is 1. The van der Waals surface area contributed by atoms with Crippen LogP contribution in [0.5, 0.6) is 0 Å². The number of allylic oxidation sites excluding steroid dienone is 2. The molecular formula is C8H8Br2O. The summed E-state index contributed by atoms with van der Waals surface area (Å²) in [5, 5.41) is 0. The zero-order valence-corrected chi connectivity index (χ0v) is 9.06. The first-order valence-corrected chi connectivity index (χ1v) is 4.77. The highest BCUT2D eigenvalue weighted by molar-refractivity contribution is 9.12. The van der Waals surface area contributed by atoms with Crippen LogP contribution < -0.4 is 0 Å². The van der Waals surface area contributed by atoms with Gasteiger partial charge in [0, 0.05) is 10.9 Å². The van der Waals surface area contributed by atoms with Gasteiger partial charge < -0.3 is 4.74 Å². The highest BCUT2D eigenvalue weighted by Crippen LogP contribution is 2.32. The van der Waals surface area contributed by atoms with E-state index in [1.165, 1.54) is 6.26 Å². The molecular weight excluding hydrogens is 272 g/mol. The second kappa shape index (κ2) is 3.59. The maximum Gasteiger partial charge on any atom is 0.184 e. The molecule has 1 aliphatic rings. The zero-order chi connectivity index (χ0) is 8.32. The number of alkyl halides is 1. The molecule has 0 heterocycles. The average molecular weight is 280 g/mol. The Bertz CT molecular complexity index is 220. The van der Waals surface area contributed by atoms with E-state index in [9.17, 15) is 0 Å². The first-order chi connectivity index (χ1) is 5.16. The Labute approximate surface area is 83.1 Å². The van der Waals surface area contributed by atoms with E-state index in [-0.39, 0.29) is 4.51 Å². The van der Waals surface area contributed by atoms with Crippen molar-refractivity contribution in [3.63, 3.8) is 0 Å². The van der Waals surface area contributed by atoms with E-state index >= 15 is 0 Å². The third-order valence-corrected chi connectivity index (χ3v) is 2.71. The summed E-state index contributed by atoms with van der Waals surface area (Å²) in [5.74, 6) is 0. The van der Waals surface area contributed by atoms with Crippen LogP contribution in [-0.4, -0.2) is 4.51 Å². The molecule has 0 amide bonds. The summed E-state index contributed by atoms with van der Waals surface area (Å²) in [7, 11) is 0. The summed E-state index contributed by atoms with van der Waals surface area (Å²) in [6, 6.07) is 0. The predicted molar refractivity (Wildman–Crippen MR) is 53.7 cm³/mol. The van der Waals surface area contributed by atoms with Crippen molar-refractivity contribution >= 4 is 31.9 Å². The van der Waals surface area contributed by atoms with Crippen LogP contribution in [0.3, 0.4) is 0 Å². The van der Waals surface area contributed by atoms with Crippen molar-refractivity contribution in [2.24, 2.45) is 0 Å². The molecule has 0 aromatic rings. The van der Waals surface area contributed by atoms with Crippen LogP contribution in [0.15, 0.2) is 35.6 Å². The van der Waals surface area contributed by atoms with Gasteiger partial charge in [0.1, 0.15) is 0 Å². The summed E-state index contributed by atoms with van der Waals surface area (Å²) >= 11 is 6.80. The molecule has 1 atom stereocenters. The first-order valence-electron chi connectivity index (χ1n) is 3.19. The molecule has 0 aliphatic heterocycles. The van der Waals surface area contributed by atoms with Gasteiger partial charge in [-0.3, -0.25) is 0 Å². The fraction of sp³-hybridized carbons (Fsp3) is 0.250. The monoisotopic (exact) mass is 278 g/mol. The maximum absolute atomic E-state index is 5.25. The normalized spacial score (nSPS) is 29.5. The fourth-order valence-corrected chi connectivity index (χ4v) is 1.52. The Morgan fingerprint density at radius 3 is 2.91 bits per heavy atom. The molecule has 0 saturated carbocycles. The van der Waals surface area contributed by atoms with Gasteiger partial charge in [-0.25, -0.2) is 0 Å². The standard InChI is InChI=1S/C8H8Br2O/c1-2-11-8(10)5-3-7(9)4-6-8/h2-5H,1,6H2. The smallest absolute Gasteiger partial charge is 0.184 e. The lowest BCUT2D eigenvalue weighted by Gasteiger charge is -2.23. The Kier molecular flexibility index (Phi) is 2.96. The Balaban J connectivity index is 2.65. The molecule has 0 aromatic heterocycles. The molecule has 1 rings (SSSR count). The van der Waals surface area contributed by atoms with E-state index in [0.29, 0.717) is 0 Å². The lowest BCUT2D eigenvalue weighted by atomic mass is 10.1. The minimum absolute atomic E-state index is 0.383. The van der Waals surface area contributed by atoms with Gasteiger partial charge in [0.2, 0.25) is 0 Å².